The summed E-state index contributed by atoms with van der Waals surface area (Å²) < 4.78 is 7.04. The monoisotopic (exact) mass is 288 g/mol. The van der Waals surface area contributed by atoms with E-state index in [2.05, 4.69) is 15.8 Å². The van der Waals surface area contributed by atoms with Crippen molar-refractivity contribution in [2.45, 2.75) is 32.9 Å². The van der Waals surface area contributed by atoms with Crippen LogP contribution in [0.3, 0.4) is 0 Å². The number of nitrogens with zero attached hydrogens (tertiary/aromatic N) is 2. The lowest BCUT2D eigenvalue weighted by molar-refractivity contribution is 0.0541. The molecule has 6 nitrogen and oxygen atoms in total. The zero-order valence-corrected chi connectivity index (χ0v) is 12.5. The number of nitrogens with one attached hydrogen (secondary N) is 2. The Morgan fingerprint density at radius 2 is 2.00 bits per heavy atom. The number of hydrazine groups is 1. The third kappa shape index (κ3) is 5.18. The fraction of sp³-hybridized carbons (Fsp3) is 0.333. The second kappa shape index (κ2) is 6.30. The number of rotatable bonds is 4. The fourth-order valence-corrected chi connectivity index (χ4v) is 1.72. The van der Waals surface area contributed by atoms with Crippen LogP contribution in [0.15, 0.2) is 42.9 Å². The molecule has 0 unspecified atom stereocenters. The smallest absolute Gasteiger partial charge is 0.426 e. The Balaban J connectivity index is 1.85. The molecule has 0 radical (unpaired) electrons. The lowest BCUT2D eigenvalue weighted by Gasteiger charge is -2.19. The van der Waals surface area contributed by atoms with Crippen molar-refractivity contribution >= 4 is 11.9 Å². The number of carbonyl (C=O) groups excluding carboxylic acids is 1. The molecule has 2 aromatic rings. The molecule has 2 N–H and O–H groups in total. The summed E-state index contributed by atoms with van der Waals surface area (Å²) in [6, 6.07) is 10.1. The van der Waals surface area contributed by atoms with Crippen LogP contribution in [0.2, 0.25) is 0 Å². The van der Waals surface area contributed by atoms with Gasteiger partial charge in [0.25, 0.3) is 0 Å². The SMILES string of the molecule is CC(C)(C)OC(=O)NNc1cn(Cc2ccccc2)cn1. The molecule has 0 aliphatic rings. The predicted octanol–water partition coefficient (Wildman–Crippen LogP) is 2.78. The van der Waals surface area contributed by atoms with E-state index in [9.17, 15) is 4.79 Å². The lowest BCUT2D eigenvalue weighted by atomic mass is 10.2. The number of benzene rings is 1. The van der Waals surface area contributed by atoms with Crippen molar-refractivity contribution in [1.29, 1.82) is 0 Å². The minimum absolute atomic E-state index is 0.529. The Morgan fingerprint density at radius 1 is 1.29 bits per heavy atom. The number of hydrogen-bond acceptors (Lipinski definition) is 4. The van der Waals surface area contributed by atoms with Gasteiger partial charge < -0.3 is 9.30 Å². The van der Waals surface area contributed by atoms with Crippen LogP contribution in [-0.2, 0) is 11.3 Å². The summed E-state index contributed by atoms with van der Waals surface area (Å²) in [5, 5.41) is 0. The maximum absolute atomic E-state index is 11.5. The average molecular weight is 288 g/mol. The fourth-order valence-electron chi connectivity index (χ4n) is 1.72. The summed E-state index contributed by atoms with van der Waals surface area (Å²) in [5.74, 6) is 0.553. The molecule has 1 aromatic heterocycles. The van der Waals surface area contributed by atoms with Gasteiger partial charge >= 0.3 is 6.09 Å². The van der Waals surface area contributed by atoms with E-state index in [0.717, 1.165) is 6.54 Å². The predicted molar refractivity (Wildman–Crippen MR) is 80.8 cm³/mol. The molecule has 0 bridgehead atoms. The van der Waals surface area contributed by atoms with Gasteiger partial charge in [0.2, 0.25) is 0 Å². The van der Waals surface area contributed by atoms with Crippen molar-refractivity contribution < 1.29 is 9.53 Å². The van der Waals surface area contributed by atoms with Gasteiger partial charge in [-0.15, -0.1) is 0 Å². The Kier molecular flexibility index (Phi) is 4.47. The molecule has 1 amide bonds. The molecule has 0 aliphatic carbocycles. The summed E-state index contributed by atoms with van der Waals surface area (Å²) >= 11 is 0. The first-order chi connectivity index (χ1) is 9.92. The maximum Gasteiger partial charge on any atom is 0.426 e. The first-order valence-corrected chi connectivity index (χ1v) is 6.73. The third-order valence-corrected chi connectivity index (χ3v) is 2.53. The largest absolute Gasteiger partial charge is 0.443 e. The molecular formula is C15H20N4O2. The van der Waals surface area contributed by atoms with Crippen LogP contribution in [0.5, 0.6) is 0 Å². The van der Waals surface area contributed by atoms with E-state index < -0.39 is 11.7 Å². The van der Waals surface area contributed by atoms with Crippen LogP contribution in [0, 0.1) is 0 Å². The van der Waals surface area contributed by atoms with E-state index >= 15 is 0 Å². The standard InChI is InChI=1S/C15H20N4O2/c1-15(2,3)21-14(20)18-17-13-10-19(11-16-13)9-12-7-5-4-6-8-12/h4-8,10-11,17H,9H2,1-3H3,(H,18,20). The van der Waals surface area contributed by atoms with Gasteiger partial charge in [0.1, 0.15) is 5.60 Å². The van der Waals surface area contributed by atoms with Gasteiger partial charge in [0, 0.05) is 12.7 Å². The molecule has 2 rings (SSSR count). The van der Waals surface area contributed by atoms with E-state index in [-0.39, 0.29) is 0 Å². The van der Waals surface area contributed by atoms with Crippen LogP contribution in [-0.4, -0.2) is 21.2 Å². The van der Waals surface area contributed by atoms with Gasteiger partial charge in [-0.05, 0) is 26.3 Å². The quantitative estimate of drug-likeness (QED) is 0.849. The van der Waals surface area contributed by atoms with E-state index in [4.69, 9.17) is 4.74 Å². The molecule has 0 saturated heterocycles. The average Bonchev–Trinajstić information content (AvgIpc) is 2.83. The molecule has 1 heterocycles. The van der Waals surface area contributed by atoms with Crippen molar-refractivity contribution in [3.63, 3.8) is 0 Å². The topological polar surface area (TPSA) is 68.2 Å². The highest BCUT2D eigenvalue weighted by Gasteiger charge is 2.15. The van der Waals surface area contributed by atoms with Gasteiger partial charge in [-0.25, -0.2) is 15.2 Å². The molecular weight excluding hydrogens is 268 g/mol. The molecule has 0 spiro atoms. The molecule has 6 heteroatoms. The highest BCUT2D eigenvalue weighted by molar-refractivity contribution is 5.69. The number of hydrogen-bond donors (Lipinski definition) is 2. The Labute approximate surface area is 124 Å². The van der Waals surface area contributed by atoms with Gasteiger partial charge in [-0.1, -0.05) is 30.3 Å². The molecule has 1 aromatic carbocycles. The normalized spacial score (nSPS) is 11.0. The third-order valence-electron chi connectivity index (χ3n) is 2.53. The Bertz CT molecular complexity index is 587. The number of amides is 1. The van der Waals surface area contributed by atoms with Crippen molar-refractivity contribution in [1.82, 2.24) is 15.0 Å². The number of ether oxygens (including phenoxy) is 1. The van der Waals surface area contributed by atoms with Crippen LogP contribution in [0.25, 0.3) is 0 Å². The van der Waals surface area contributed by atoms with Gasteiger partial charge in [-0.2, -0.15) is 0 Å². The van der Waals surface area contributed by atoms with Crippen LogP contribution >= 0.6 is 0 Å². The second-order valence-corrected chi connectivity index (χ2v) is 5.67. The Hall–Kier alpha value is -2.50. The summed E-state index contributed by atoms with van der Waals surface area (Å²) in [5.41, 5.74) is 5.82. The minimum Gasteiger partial charge on any atom is -0.443 e. The highest BCUT2D eigenvalue weighted by atomic mass is 16.6. The van der Waals surface area contributed by atoms with E-state index in [1.54, 1.807) is 27.1 Å². The minimum atomic E-state index is -0.542. The Morgan fingerprint density at radius 3 is 2.67 bits per heavy atom. The molecule has 0 atom stereocenters. The van der Waals surface area contributed by atoms with Crippen molar-refractivity contribution in [2.24, 2.45) is 0 Å². The number of aromatic nitrogens is 2. The zero-order valence-electron chi connectivity index (χ0n) is 12.5. The number of carbonyl (C=O) groups is 1. The van der Waals surface area contributed by atoms with E-state index in [1.165, 1.54) is 5.56 Å². The molecule has 0 saturated carbocycles. The van der Waals surface area contributed by atoms with E-state index in [1.807, 2.05) is 41.1 Å². The van der Waals surface area contributed by atoms with Crippen LogP contribution in [0.1, 0.15) is 26.3 Å². The summed E-state index contributed by atoms with van der Waals surface area (Å²) in [6.07, 6.45) is 2.97. The molecule has 21 heavy (non-hydrogen) atoms. The number of anilines is 1. The van der Waals surface area contributed by atoms with Crippen LogP contribution < -0.4 is 10.9 Å². The molecule has 0 aliphatic heterocycles. The van der Waals surface area contributed by atoms with Crippen molar-refractivity contribution in [2.75, 3.05) is 5.43 Å². The van der Waals surface area contributed by atoms with E-state index in [0.29, 0.717) is 5.82 Å². The highest BCUT2D eigenvalue weighted by Crippen LogP contribution is 2.08. The van der Waals surface area contributed by atoms with Gasteiger partial charge in [0.15, 0.2) is 5.82 Å². The van der Waals surface area contributed by atoms with Crippen molar-refractivity contribution in [3.8, 4) is 0 Å². The molecule has 112 valence electrons. The maximum atomic E-state index is 11.5. The number of imidazole rings is 1. The first-order valence-electron chi connectivity index (χ1n) is 6.73. The van der Waals surface area contributed by atoms with Crippen molar-refractivity contribution in [3.05, 3.63) is 48.4 Å². The van der Waals surface area contributed by atoms with Crippen LogP contribution in [0.4, 0.5) is 10.6 Å². The summed E-state index contributed by atoms with van der Waals surface area (Å²) in [7, 11) is 0. The van der Waals surface area contributed by atoms with Gasteiger partial charge in [0.05, 0.1) is 6.33 Å². The molecule has 0 fully saturated rings. The summed E-state index contributed by atoms with van der Waals surface area (Å²) in [6.45, 7) is 6.14. The first kappa shape index (κ1) is 14.9. The van der Waals surface area contributed by atoms with Gasteiger partial charge in [-0.3, -0.25) is 5.43 Å². The zero-order chi connectivity index (χ0) is 15.3. The second-order valence-electron chi connectivity index (χ2n) is 5.67. The summed E-state index contributed by atoms with van der Waals surface area (Å²) in [4.78, 5) is 15.7. The lowest BCUT2D eigenvalue weighted by Crippen LogP contribution is -2.35.